The number of hydrogen-bond donors (Lipinski definition) is 2. The molecule has 1 aromatic carbocycles. The van der Waals surface area contributed by atoms with Gasteiger partial charge in [0.25, 0.3) is 0 Å². The van der Waals surface area contributed by atoms with Crippen molar-refractivity contribution in [1.29, 1.82) is 0 Å². The van der Waals surface area contributed by atoms with E-state index in [1.54, 1.807) is 0 Å². The third-order valence-electron chi connectivity index (χ3n) is 6.25. The Morgan fingerprint density at radius 1 is 1.07 bits per heavy atom. The van der Waals surface area contributed by atoms with Crippen LogP contribution in [0.3, 0.4) is 0 Å². The third kappa shape index (κ3) is 4.38. The van der Waals surface area contributed by atoms with Gasteiger partial charge in [-0.25, -0.2) is 4.68 Å². The van der Waals surface area contributed by atoms with Gasteiger partial charge < -0.3 is 11.1 Å². The van der Waals surface area contributed by atoms with Gasteiger partial charge >= 0.3 is 0 Å². The van der Waals surface area contributed by atoms with E-state index >= 15 is 0 Å². The number of tetrazole rings is 1. The highest BCUT2D eigenvalue weighted by atomic mass is 15.6. The van der Waals surface area contributed by atoms with Crippen LogP contribution in [0.25, 0.3) is 0 Å². The first kappa shape index (κ1) is 18.6. The molecule has 0 saturated heterocycles. The fraction of sp³-hybridized carbons (Fsp3) is 0.667. The van der Waals surface area contributed by atoms with Gasteiger partial charge in [-0.15, -0.1) is 5.10 Å². The third-order valence-corrected chi connectivity index (χ3v) is 6.25. The molecule has 1 heterocycles. The smallest absolute Gasteiger partial charge is 0.173 e. The zero-order valence-corrected chi connectivity index (χ0v) is 16.3. The zero-order chi connectivity index (χ0) is 18.6. The lowest BCUT2D eigenvalue weighted by Crippen LogP contribution is -2.40. The Morgan fingerprint density at radius 2 is 1.85 bits per heavy atom. The fourth-order valence-electron chi connectivity index (χ4n) is 4.67. The van der Waals surface area contributed by atoms with Crippen LogP contribution in [-0.2, 0) is 0 Å². The molecule has 27 heavy (non-hydrogen) atoms. The van der Waals surface area contributed by atoms with Crippen molar-refractivity contribution in [3.63, 3.8) is 0 Å². The Bertz CT molecular complexity index is 728. The molecule has 146 valence electrons. The van der Waals surface area contributed by atoms with Gasteiger partial charge in [-0.3, -0.25) is 0 Å². The van der Waals surface area contributed by atoms with Crippen molar-refractivity contribution in [3.8, 4) is 0 Å². The molecule has 2 aliphatic rings. The van der Waals surface area contributed by atoms with E-state index in [1.807, 2.05) is 0 Å². The van der Waals surface area contributed by atoms with Crippen molar-refractivity contribution in [2.24, 2.45) is 5.73 Å². The molecule has 0 aliphatic heterocycles. The highest BCUT2D eigenvalue weighted by Gasteiger charge is 2.29. The van der Waals surface area contributed by atoms with E-state index in [1.165, 1.54) is 43.2 Å². The summed E-state index contributed by atoms with van der Waals surface area (Å²) < 4.78 is 2.10. The standard InChI is InChI=1S/C21H32N6/c1-15-6-5-7-16(14-15)20(23-18-12-10-17(22)11-13-18)21-24-25-26-27(21)19-8-3-2-4-9-19/h5-7,14,17-20,23H,2-4,8-13,22H2,1H3. The highest BCUT2D eigenvalue weighted by Crippen LogP contribution is 2.32. The van der Waals surface area contributed by atoms with Gasteiger partial charge in [0, 0.05) is 12.1 Å². The van der Waals surface area contributed by atoms with Crippen molar-refractivity contribution in [2.45, 2.75) is 88.9 Å². The second-order valence-electron chi connectivity index (χ2n) is 8.40. The predicted molar refractivity (Wildman–Crippen MR) is 106 cm³/mol. The van der Waals surface area contributed by atoms with Crippen LogP contribution >= 0.6 is 0 Å². The molecule has 0 bridgehead atoms. The van der Waals surface area contributed by atoms with Crippen molar-refractivity contribution in [1.82, 2.24) is 25.5 Å². The quantitative estimate of drug-likeness (QED) is 0.845. The summed E-state index contributed by atoms with van der Waals surface area (Å²) in [6.45, 7) is 2.14. The molecule has 2 aliphatic carbocycles. The Kier molecular flexibility index (Phi) is 5.83. The minimum Gasteiger partial charge on any atom is -0.328 e. The summed E-state index contributed by atoms with van der Waals surface area (Å²) in [5.41, 5.74) is 8.62. The monoisotopic (exact) mass is 368 g/mol. The second kappa shape index (κ2) is 8.48. The van der Waals surface area contributed by atoms with Crippen molar-refractivity contribution >= 4 is 0 Å². The van der Waals surface area contributed by atoms with Gasteiger partial charge in [-0.1, -0.05) is 49.1 Å². The van der Waals surface area contributed by atoms with Crippen LogP contribution in [0.4, 0.5) is 0 Å². The van der Waals surface area contributed by atoms with E-state index in [0.717, 1.165) is 31.5 Å². The van der Waals surface area contributed by atoms with Crippen molar-refractivity contribution < 1.29 is 0 Å². The molecular formula is C21H32N6. The fourth-order valence-corrected chi connectivity index (χ4v) is 4.67. The molecule has 3 N–H and O–H groups in total. The largest absolute Gasteiger partial charge is 0.328 e. The number of nitrogens with zero attached hydrogens (tertiary/aromatic N) is 4. The van der Waals surface area contributed by atoms with Crippen LogP contribution in [0.2, 0.25) is 0 Å². The number of rotatable bonds is 5. The van der Waals surface area contributed by atoms with Gasteiger partial charge in [0.05, 0.1) is 12.1 Å². The zero-order valence-electron chi connectivity index (χ0n) is 16.3. The average molecular weight is 369 g/mol. The lowest BCUT2D eigenvalue weighted by molar-refractivity contribution is 0.293. The molecule has 2 aromatic rings. The molecule has 0 amide bonds. The minimum absolute atomic E-state index is 0.0288. The van der Waals surface area contributed by atoms with E-state index in [9.17, 15) is 0 Å². The van der Waals surface area contributed by atoms with Gasteiger partial charge in [-0.2, -0.15) is 0 Å². The first-order valence-corrected chi connectivity index (χ1v) is 10.6. The van der Waals surface area contributed by atoms with Crippen LogP contribution < -0.4 is 11.1 Å². The maximum atomic E-state index is 6.11. The molecule has 0 radical (unpaired) electrons. The summed E-state index contributed by atoms with van der Waals surface area (Å²) in [5, 5.41) is 16.9. The molecule has 1 aromatic heterocycles. The molecule has 0 spiro atoms. The number of benzene rings is 1. The SMILES string of the molecule is Cc1cccc(C(NC2CCC(N)CC2)c2nnnn2C2CCCCC2)c1. The summed E-state index contributed by atoms with van der Waals surface area (Å²) in [5.74, 6) is 0.961. The maximum Gasteiger partial charge on any atom is 0.173 e. The molecule has 6 nitrogen and oxygen atoms in total. The minimum atomic E-state index is 0.0288. The van der Waals surface area contributed by atoms with Crippen LogP contribution in [0.1, 0.15) is 86.8 Å². The van der Waals surface area contributed by atoms with Crippen molar-refractivity contribution in [2.75, 3.05) is 0 Å². The average Bonchev–Trinajstić information content (AvgIpc) is 3.18. The lowest BCUT2D eigenvalue weighted by atomic mass is 9.90. The highest BCUT2D eigenvalue weighted by molar-refractivity contribution is 5.29. The first-order chi connectivity index (χ1) is 13.2. The number of aryl methyl sites for hydroxylation is 1. The molecule has 4 rings (SSSR count). The van der Waals surface area contributed by atoms with Crippen LogP contribution in [0, 0.1) is 6.92 Å². The van der Waals surface area contributed by atoms with E-state index in [4.69, 9.17) is 5.73 Å². The molecule has 1 unspecified atom stereocenters. The summed E-state index contributed by atoms with van der Waals surface area (Å²) >= 11 is 0. The predicted octanol–water partition coefficient (Wildman–Crippen LogP) is 3.44. The van der Waals surface area contributed by atoms with E-state index < -0.39 is 0 Å². The summed E-state index contributed by atoms with van der Waals surface area (Å²) in [6.07, 6.45) is 10.6. The number of aromatic nitrogens is 4. The van der Waals surface area contributed by atoms with Gasteiger partial charge in [0.1, 0.15) is 0 Å². The molecule has 2 saturated carbocycles. The summed E-state index contributed by atoms with van der Waals surface area (Å²) in [4.78, 5) is 0. The Balaban J connectivity index is 1.63. The van der Waals surface area contributed by atoms with Gasteiger partial charge in [0.2, 0.25) is 0 Å². The topological polar surface area (TPSA) is 81.7 Å². The number of nitrogens with one attached hydrogen (secondary N) is 1. The Labute approximate surface area is 161 Å². The van der Waals surface area contributed by atoms with Gasteiger partial charge in [-0.05, 0) is 61.4 Å². The normalized spacial score (nSPS) is 25.4. The van der Waals surface area contributed by atoms with Crippen LogP contribution in [0.5, 0.6) is 0 Å². The molecule has 1 atom stereocenters. The number of nitrogens with two attached hydrogens (primary N) is 1. The van der Waals surface area contributed by atoms with Crippen molar-refractivity contribution in [3.05, 3.63) is 41.2 Å². The Morgan fingerprint density at radius 3 is 2.59 bits per heavy atom. The van der Waals surface area contributed by atoms with Crippen LogP contribution in [0.15, 0.2) is 24.3 Å². The van der Waals surface area contributed by atoms with E-state index in [-0.39, 0.29) is 6.04 Å². The molecule has 6 heteroatoms. The molecule has 2 fully saturated rings. The summed E-state index contributed by atoms with van der Waals surface area (Å²) in [7, 11) is 0. The van der Waals surface area contributed by atoms with E-state index in [0.29, 0.717) is 18.1 Å². The first-order valence-electron chi connectivity index (χ1n) is 10.6. The Hall–Kier alpha value is -1.79. The lowest BCUT2D eigenvalue weighted by Gasteiger charge is -2.31. The maximum absolute atomic E-state index is 6.11. The number of hydrogen-bond acceptors (Lipinski definition) is 5. The van der Waals surface area contributed by atoms with Crippen LogP contribution in [-0.4, -0.2) is 32.3 Å². The van der Waals surface area contributed by atoms with Gasteiger partial charge in [0.15, 0.2) is 5.82 Å². The van der Waals surface area contributed by atoms with E-state index in [2.05, 4.69) is 56.7 Å². The second-order valence-corrected chi connectivity index (χ2v) is 8.40. The molecular weight excluding hydrogens is 336 g/mol. The summed E-state index contributed by atoms with van der Waals surface area (Å²) in [6, 6.07) is 10.00.